The summed E-state index contributed by atoms with van der Waals surface area (Å²) >= 11 is 0. The van der Waals surface area contributed by atoms with Gasteiger partial charge < -0.3 is 9.88 Å². The summed E-state index contributed by atoms with van der Waals surface area (Å²) in [5, 5.41) is 3.60. The van der Waals surface area contributed by atoms with Crippen LogP contribution in [0.15, 0.2) is 36.8 Å². The van der Waals surface area contributed by atoms with Crippen molar-refractivity contribution in [1.29, 1.82) is 0 Å². The van der Waals surface area contributed by atoms with E-state index in [0.29, 0.717) is 12.1 Å². The van der Waals surface area contributed by atoms with Gasteiger partial charge in [-0.1, -0.05) is 24.3 Å². The lowest BCUT2D eigenvalue weighted by molar-refractivity contribution is 0.545. The smallest absolute Gasteiger partial charge is 0.0951 e. The number of hydrogen-bond acceptors (Lipinski definition) is 2. The molecular formula is C16H21N3. The maximum atomic E-state index is 4.27. The molecule has 1 aromatic carbocycles. The van der Waals surface area contributed by atoms with Crippen molar-refractivity contribution < 1.29 is 0 Å². The Morgan fingerprint density at radius 1 is 1.37 bits per heavy atom. The lowest BCUT2D eigenvalue weighted by Gasteiger charge is -2.17. The Labute approximate surface area is 114 Å². The Bertz CT molecular complexity index is 555. The van der Waals surface area contributed by atoms with Crippen LogP contribution < -0.4 is 5.32 Å². The minimum absolute atomic E-state index is 0.365. The van der Waals surface area contributed by atoms with Crippen LogP contribution in [-0.4, -0.2) is 9.55 Å². The van der Waals surface area contributed by atoms with Gasteiger partial charge in [0, 0.05) is 24.8 Å². The predicted octanol–water partition coefficient (Wildman–Crippen LogP) is 3.38. The lowest BCUT2D eigenvalue weighted by Crippen LogP contribution is -2.20. The van der Waals surface area contributed by atoms with Crippen LogP contribution in [0.3, 0.4) is 0 Å². The van der Waals surface area contributed by atoms with E-state index in [1.165, 1.54) is 29.7 Å². The first-order valence-corrected chi connectivity index (χ1v) is 7.05. The van der Waals surface area contributed by atoms with E-state index >= 15 is 0 Å². The third-order valence-corrected chi connectivity index (χ3v) is 3.93. The molecule has 3 heteroatoms. The minimum atomic E-state index is 0.365. The van der Waals surface area contributed by atoms with Crippen LogP contribution in [0, 0.1) is 6.92 Å². The summed E-state index contributed by atoms with van der Waals surface area (Å²) in [5.41, 5.74) is 4.01. The number of nitrogens with zero attached hydrogens (tertiary/aromatic N) is 2. The Morgan fingerprint density at radius 3 is 2.89 bits per heavy atom. The molecule has 1 atom stereocenters. The van der Waals surface area contributed by atoms with Crippen molar-refractivity contribution in [1.82, 2.24) is 14.9 Å². The second-order valence-corrected chi connectivity index (χ2v) is 5.48. The normalized spacial score (nSPS) is 16.5. The molecule has 0 radical (unpaired) electrons. The molecule has 1 heterocycles. The molecule has 1 fully saturated rings. The molecule has 19 heavy (non-hydrogen) atoms. The van der Waals surface area contributed by atoms with E-state index < -0.39 is 0 Å². The Morgan fingerprint density at radius 2 is 2.16 bits per heavy atom. The minimum Gasteiger partial charge on any atom is -0.330 e. The van der Waals surface area contributed by atoms with Crippen LogP contribution in [0.4, 0.5) is 0 Å². The highest BCUT2D eigenvalue weighted by Crippen LogP contribution is 2.35. The van der Waals surface area contributed by atoms with Crippen molar-refractivity contribution in [3.63, 3.8) is 0 Å². The maximum absolute atomic E-state index is 4.27. The van der Waals surface area contributed by atoms with Gasteiger partial charge >= 0.3 is 0 Å². The largest absolute Gasteiger partial charge is 0.330 e. The zero-order chi connectivity index (χ0) is 13.2. The molecule has 2 aromatic rings. The first-order valence-electron chi connectivity index (χ1n) is 7.05. The first kappa shape index (κ1) is 12.4. The second-order valence-electron chi connectivity index (χ2n) is 5.48. The number of imidazole rings is 1. The highest BCUT2D eigenvalue weighted by molar-refractivity contribution is 5.28. The monoisotopic (exact) mass is 255 g/mol. The van der Waals surface area contributed by atoms with E-state index in [9.17, 15) is 0 Å². The third-order valence-electron chi connectivity index (χ3n) is 3.93. The van der Waals surface area contributed by atoms with Gasteiger partial charge in [-0.05, 0) is 37.8 Å². The molecule has 1 aromatic heterocycles. The molecule has 100 valence electrons. The first-order chi connectivity index (χ1) is 9.25. The summed E-state index contributed by atoms with van der Waals surface area (Å²) in [4.78, 5) is 4.27. The molecule has 1 aliphatic rings. The number of nitrogens with one attached hydrogen (secondary N) is 1. The van der Waals surface area contributed by atoms with Crippen molar-refractivity contribution in [2.45, 2.75) is 45.3 Å². The Hall–Kier alpha value is -1.61. The van der Waals surface area contributed by atoms with Crippen LogP contribution in [0.2, 0.25) is 0 Å². The fourth-order valence-electron chi connectivity index (χ4n) is 2.59. The molecule has 0 saturated heterocycles. The summed E-state index contributed by atoms with van der Waals surface area (Å²) in [7, 11) is 0. The fraction of sp³-hybridized carbons (Fsp3) is 0.438. The molecule has 3 rings (SSSR count). The van der Waals surface area contributed by atoms with Gasteiger partial charge in [-0.15, -0.1) is 0 Å². The van der Waals surface area contributed by atoms with E-state index in [2.05, 4.69) is 53.0 Å². The van der Waals surface area contributed by atoms with Gasteiger partial charge in [0.2, 0.25) is 0 Å². The predicted molar refractivity (Wildman–Crippen MR) is 76.9 cm³/mol. The molecular weight excluding hydrogens is 234 g/mol. The van der Waals surface area contributed by atoms with Gasteiger partial charge in [0.15, 0.2) is 0 Å². The molecule has 1 saturated carbocycles. The van der Waals surface area contributed by atoms with Gasteiger partial charge in [0.05, 0.1) is 12.0 Å². The molecule has 0 spiro atoms. The zero-order valence-corrected chi connectivity index (χ0v) is 11.6. The Kier molecular flexibility index (Phi) is 3.38. The van der Waals surface area contributed by atoms with Crippen molar-refractivity contribution in [3.8, 4) is 0 Å². The van der Waals surface area contributed by atoms with E-state index in [1.54, 1.807) is 0 Å². The van der Waals surface area contributed by atoms with Gasteiger partial charge in [-0.3, -0.25) is 0 Å². The summed E-state index contributed by atoms with van der Waals surface area (Å²) in [6.07, 6.45) is 6.55. The molecule has 3 nitrogen and oxygen atoms in total. The molecule has 0 amide bonds. The number of aryl methyl sites for hydroxylation is 1. The maximum Gasteiger partial charge on any atom is 0.0951 e. The average molecular weight is 255 g/mol. The van der Waals surface area contributed by atoms with Gasteiger partial charge in [0.25, 0.3) is 0 Å². The molecule has 1 aliphatic carbocycles. The van der Waals surface area contributed by atoms with E-state index in [1.807, 2.05) is 12.5 Å². The zero-order valence-electron chi connectivity index (χ0n) is 11.6. The standard InChI is InChI=1S/C16H21N3/c1-12-5-3-4-6-16(12)13(2)18-10-15-9-17-11-19(15)14-7-8-14/h3-6,9,11,13-14,18H,7-8,10H2,1-2H3. The third kappa shape index (κ3) is 2.71. The van der Waals surface area contributed by atoms with Crippen molar-refractivity contribution >= 4 is 0 Å². The molecule has 0 aliphatic heterocycles. The number of benzene rings is 1. The van der Waals surface area contributed by atoms with E-state index in [-0.39, 0.29) is 0 Å². The quantitative estimate of drug-likeness (QED) is 0.887. The number of aromatic nitrogens is 2. The number of rotatable bonds is 5. The molecule has 1 N–H and O–H groups in total. The van der Waals surface area contributed by atoms with Gasteiger partial charge in [0.1, 0.15) is 0 Å². The summed E-state index contributed by atoms with van der Waals surface area (Å²) in [6.45, 7) is 5.27. The number of hydrogen-bond donors (Lipinski definition) is 1. The van der Waals surface area contributed by atoms with Crippen LogP contribution >= 0.6 is 0 Å². The summed E-state index contributed by atoms with van der Waals surface area (Å²) in [5.74, 6) is 0. The summed E-state index contributed by atoms with van der Waals surface area (Å²) in [6, 6.07) is 9.63. The van der Waals surface area contributed by atoms with Crippen LogP contribution in [0.25, 0.3) is 0 Å². The average Bonchev–Trinajstić information content (AvgIpc) is 3.15. The van der Waals surface area contributed by atoms with Crippen molar-refractivity contribution in [3.05, 3.63) is 53.6 Å². The Balaban J connectivity index is 1.65. The highest BCUT2D eigenvalue weighted by Gasteiger charge is 2.25. The van der Waals surface area contributed by atoms with Crippen LogP contribution in [0.5, 0.6) is 0 Å². The SMILES string of the molecule is Cc1ccccc1C(C)NCc1cncn1C1CC1. The topological polar surface area (TPSA) is 29.9 Å². The summed E-state index contributed by atoms with van der Waals surface area (Å²) < 4.78 is 2.32. The van der Waals surface area contributed by atoms with Crippen LogP contribution in [0.1, 0.15) is 48.7 Å². The van der Waals surface area contributed by atoms with Crippen molar-refractivity contribution in [2.24, 2.45) is 0 Å². The van der Waals surface area contributed by atoms with Crippen molar-refractivity contribution in [2.75, 3.05) is 0 Å². The van der Waals surface area contributed by atoms with Gasteiger partial charge in [-0.25, -0.2) is 4.98 Å². The lowest BCUT2D eigenvalue weighted by atomic mass is 10.0. The molecule has 0 bridgehead atoms. The van der Waals surface area contributed by atoms with E-state index in [4.69, 9.17) is 0 Å². The second kappa shape index (κ2) is 5.17. The highest BCUT2D eigenvalue weighted by atomic mass is 15.1. The van der Waals surface area contributed by atoms with Gasteiger partial charge in [-0.2, -0.15) is 0 Å². The fourth-order valence-corrected chi connectivity index (χ4v) is 2.59. The van der Waals surface area contributed by atoms with Crippen LogP contribution in [-0.2, 0) is 6.54 Å². The van der Waals surface area contributed by atoms with E-state index in [0.717, 1.165) is 6.54 Å². The molecule has 1 unspecified atom stereocenters.